The average molecular weight is 558 g/mol. The van der Waals surface area contributed by atoms with Gasteiger partial charge in [-0.1, -0.05) is 24.3 Å². The number of benzene rings is 3. The van der Waals surface area contributed by atoms with E-state index < -0.39 is 44.8 Å². The van der Waals surface area contributed by atoms with Gasteiger partial charge in [-0.3, -0.25) is 4.79 Å². The molecule has 0 aliphatic carbocycles. The highest BCUT2D eigenvalue weighted by molar-refractivity contribution is 7.89. The van der Waals surface area contributed by atoms with Crippen molar-refractivity contribution in [3.05, 3.63) is 83.4 Å². The van der Waals surface area contributed by atoms with Crippen molar-refractivity contribution in [3.63, 3.8) is 0 Å². The van der Waals surface area contributed by atoms with Crippen molar-refractivity contribution in [1.82, 2.24) is 4.90 Å². The van der Waals surface area contributed by atoms with E-state index >= 15 is 0 Å². The van der Waals surface area contributed by atoms with E-state index in [2.05, 4.69) is 5.32 Å². The second-order valence-corrected chi connectivity index (χ2v) is 10.8. The van der Waals surface area contributed by atoms with Crippen molar-refractivity contribution >= 4 is 39.0 Å². The summed E-state index contributed by atoms with van der Waals surface area (Å²) in [5.41, 5.74) is -2.18. The molecule has 0 aromatic heterocycles. The summed E-state index contributed by atoms with van der Waals surface area (Å²) in [6.07, 6.45) is -4.87. The van der Waals surface area contributed by atoms with Gasteiger partial charge in [0.2, 0.25) is 10.0 Å². The largest absolute Gasteiger partial charge is 0.417 e. The summed E-state index contributed by atoms with van der Waals surface area (Å²) >= 11 is 0. The summed E-state index contributed by atoms with van der Waals surface area (Å²) < 4.78 is 64.0. The van der Waals surface area contributed by atoms with E-state index in [1.807, 2.05) is 0 Å². The van der Waals surface area contributed by atoms with Gasteiger partial charge in [0.1, 0.15) is 5.54 Å². The van der Waals surface area contributed by atoms with Gasteiger partial charge in [-0.25, -0.2) is 23.3 Å². The van der Waals surface area contributed by atoms with Crippen LogP contribution in [0.5, 0.6) is 0 Å². The number of alkyl halides is 3. The SMILES string of the molecule is CC1(C)C(=O)N(c2ccc(C#N)c(C(F)(F)F)c2)C(=O)N1Cc1ccccc1Nc1cccc(S(N)(=O)=O)c1. The Morgan fingerprint density at radius 3 is 2.36 bits per heavy atom. The highest BCUT2D eigenvalue weighted by atomic mass is 32.2. The molecule has 1 aliphatic heterocycles. The first-order chi connectivity index (χ1) is 18.1. The highest BCUT2D eigenvalue weighted by Gasteiger charge is 2.52. The van der Waals surface area contributed by atoms with E-state index in [-0.39, 0.29) is 17.1 Å². The molecule has 1 heterocycles. The second kappa shape index (κ2) is 9.72. The van der Waals surface area contributed by atoms with E-state index in [4.69, 9.17) is 10.4 Å². The number of nitriles is 1. The number of hydrogen-bond donors (Lipinski definition) is 2. The molecule has 1 saturated heterocycles. The van der Waals surface area contributed by atoms with Crippen LogP contribution in [0.15, 0.2) is 71.6 Å². The number of anilines is 3. The molecule has 3 amide bonds. The molecule has 202 valence electrons. The molecule has 1 fully saturated rings. The van der Waals surface area contributed by atoms with Crippen LogP contribution in [0.1, 0.15) is 30.5 Å². The highest BCUT2D eigenvalue weighted by Crippen LogP contribution is 2.38. The third-order valence-corrected chi connectivity index (χ3v) is 7.21. The Morgan fingerprint density at radius 2 is 1.72 bits per heavy atom. The zero-order chi connectivity index (χ0) is 28.8. The Morgan fingerprint density at radius 1 is 1.03 bits per heavy atom. The maximum Gasteiger partial charge on any atom is 0.417 e. The normalized spacial score (nSPS) is 15.4. The summed E-state index contributed by atoms with van der Waals surface area (Å²) in [5, 5.41) is 17.4. The first kappa shape index (κ1) is 27.6. The zero-order valence-electron chi connectivity index (χ0n) is 20.7. The number of amides is 3. The number of para-hydroxylation sites is 1. The molecule has 3 aromatic rings. The molecule has 0 saturated carbocycles. The number of rotatable bonds is 6. The van der Waals surface area contributed by atoms with Crippen molar-refractivity contribution in [2.45, 2.75) is 37.0 Å². The number of carbonyl (C=O) groups is 2. The monoisotopic (exact) mass is 557 g/mol. The molecular weight excluding hydrogens is 535 g/mol. The minimum atomic E-state index is -4.87. The van der Waals surface area contributed by atoms with Gasteiger partial charge < -0.3 is 10.2 Å². The van der Waals surface area contributed by atoms with E-state index in [1.165, 1.54) is 43.0 Å². The number of carbonyl (C=O) groups excluding carboxylic acids is 2. The Labute approximate surface area is 222 Å². The summed E-state index contributed by atoms with van der Waals surface area (Å²) in [4.78, 5) is 28.5. The van der Waals surface area contributed by atoms with Crippen molar-refractivity contribution < 1.29 is 31.2 Å². The number of sulfonamides is 1. The third kappa shape index (κ3) is 5.29. The Kier molecular flexibility index (Phi) is 6.88. The molecule has 9 nitrogen and oxygen atoms in total. The van der Waals surface area contributed by atoms with Crippen LogP contribution in [-0.2, 0) is 27.5 Å². The van der Waals surface area contributed by atoms with Gasteiger partial charge in [0.25, 0.3) is 5.91 Å². The van der Waals surface area contributed by atoms with Gasteiger partial charge in [-0.2, -0.15) is 18.4 Å². The molecule has 39 heavy (non-hydrogen) atoms. The lowest BCUT2D eigenvalue weighted by atomic mass is 10.0. The van der Waals surface area contributed by atoms with Crippen LogP contribution >= 0.6 is 0 Å². The molecular formula is C26H22F3N5O4S. The van der Waals surface area contributed by atoms with Gasteiger partial charge in [-0.15, -0.1) is 0 Å². The van der Waals surface area contributed by atoms with Crippen LogP contribution in [-0.4, -0.2) is 30.8 Å². The lowest BCUT2D eigenvalue weighted by molar-refractivity contribution is -0.137. The minimum absolute atomic E-state index is 0.103. The molecule has 0 unspecified atom stereocenters. The van der Waals surface area contributed by atoms with Crippen LogP contribution in [0.4, 0.5) is 35.0 Å². The number of nitrogens with zero attached hydrogens (tertiary/aromatic N) is 3. The lowest BCUT2D eigenvalue weighted by Gasteiger charge is -2.28. The van der Waals surface area contributed by atoms with Gasteiger partial charge in [-0.05, 0) is 61.9 Å². The van der Waals surface area contributed by atoms with Gasteiger partial charge in [0.05, 0.1) is 34.3 Å². The topological polar surface area (TPSA) is 137 Å². The Bertz CT molecular complexity index is 1630. The maximum atomic E-state index is 13.5. The number of nitrogens with one attached hydrogen (secondary N) is 1. The van der Waals surface area contributed by atoms with Crippen molar-refractivity contribution in [3.8, 4) is 6.07 Å². The first-order valence-electron chi connectivity index (χ1n) is 11.4. The maximum absolute atomic E-state index is 13.5. The van der Waals surface area contributed by atoms with Crippen LogP contribution in [0.25, 0.3) is 0 Å². The molecule has 4 rings (SSSR count). The van der Waals surface area contributed by atoms with Crippen LogP contribution in [0, 0.1) is 11.3 Å². The van der Waals surface area contributed by atoms with Gasteiger partial charge in [0.15, 0.2) is 0 Å². The molecule has 0 bridgehead atoms. The van der Waals surface area contributed by atoms with E-state index in [1.54, 1.807) is 30.3 Å². The van der Waals surface area contributed by atoms with E-state index in [0.717, 1.165) is 12.1 Å². The van der Waals surface area contributed by atoms with Crippen molar-refractivity contribution in [2.24, 2.45) is 5.14 Å². The Balaban J connectivity index is 1.68. The van der Waals surface area contributed by atoms with Gasteiger partial charge >= 0.3 is 12.2 Å². The lowest BCUT2D eigenvalue weighted by Crippen LogP contribution is -2.43. The van der Waals surface area contributed by atoms with Crippen molar-refractivity contribution in [2.75, 3.05) is 10.2 Å². The fourth-order valence-corrected chi connectivity index (χ4v) is 4.75. The molecule has 0 spiro atoms. The van der Waals surface area contributed by atoms with Crippen LogP contribution in [0.2, 0.25) is 0 Å². The zero-order valence-corrected chi connectivity index (χ0v) is 21.5. The molecule has 0 atom stereocenters. The molecule has 13 heteroatoms. The fraction of sp³-hybridized carbons (Fsp3) is 0.192. The summed E-state index contributed by atoms with van der Waals surface area (Å²) in [6, 6.07) is 15.9. The molecule has 3 aromatic carbocycles. The molecule has 0 radical (unpaired) electrons. The van der Waals surface area contributed by atoms with Crippen molar-refractivity contribution in [1.29, 1.82) is 5.26 Å². The third-order valence-electron chi connectivity index (χ3n) is 6.30. The Hall–Kier alpha value is -4.41. The van der Waals surface area contributed by atoms with E-state index in [0.29, 0.717) is 27.9 Å². The number of urea groups is 1. The summed E-state index contributed by atoms with van der Waals surface area (Å²) in [6.45, 7) is 2.86. The minimum Gasteiger partial charge on any atom is -0.355 e. The molecule has 1 aliphatic rings. The number of halogens is 3. The predicted molar refractivity (Wildman–Crippen MR) is 136 cm³/mol. The quantitative estimate of drug-likeness (QED) is 0.421. The first-order valence-corrected chi connectivity index (χ1v) is 12.9. The van der Waals surface area contributed by atoms with E-state index in [9.17, 15) is 31.2 Å². The average Bonchev–Trinajstić information content (AvgIpc) is 3.03. The standard InChI is InChI=1S/C26H22F3N5O4S/c1-25(2)23(35)34(19-11-10-16(14-30)21(13-19)26(27,28)29)24(36)33(25)15-17-6-3-4-9-22(17)32-18-7-5-8-20(12-18)39(31,37)38/h3-13,32H,15H2,1-2H3,(H2,31,37,38). The fourth-order valence-electron chi connectivity index (χ4n) is 4.19. The predicted octanol–water partition coefficient (Wildman–Crippen LogP) is 4.72. The summed E-state index contributed by atoms with van der Waals surface area (Å²) in [7, 11) is -3.95. The second-order valence-electron chi connectivity index (χ2n) is 9.26. The van der Waals surface area contributed by atoms with Crippen LogP contribution in [0.3, 0.4) is 0 Å². The smallest absolute Gasteiger partial charge is 0.355 e. The van der Waals surface area contributed by atoms with Crippen LogP contribution < -0.4 is 15.4 Å². The number of hydrogen-bond acceptors (Lipinski definition) is 6. The molecule has 3 N–H and O–H groups in total. The number of primary sulfonamides is 1. The number of imide groups is 1. The number of nitrogens with two attached hydrogens (primary N) is 1. The van der Waals surface area contributed by atoms with Gasteiger partial charge in [0, 0.05) is 11.4 Å². The summed E-state index contributed by atoms with van der Waals surface area (Å²) in [5.74, 6) is -0.739.